The van der Waals surface area contributed by atoms with Gasteiger partial charge in [-0.15, -0.1) is 11.8 Å². The SMILES string of the molecule is CSc1c(F)c(C)c2[nH]ncc2c1-c1ccn2nc(C)cc2c1. The summed E-state index contributed by atoms with van der Waals surface area (Å²) in [5, 5.41) is 12.4. The number of H-pyrrole nitrogens is 1. The Balaban J connectivity index is 2.09. The molecule has 0 aliphatic carbocycles. The molecule has 0 atom stereocenters. The molecule has 0 aliphatic heterocycles. The number of nitrogens with one attached hydrogen (secondary N) is 1. The van der Waals surface area contributed by atoms with Crippen molar-refractivity contribution < 1.29 is 4.39 Å². The van der Waals surface area contributed by atoms with Crippen LogP contribution in [0.5, 0.6) is 0 Å². The number of fused-ring (bicyclic) bond motifs is 2. The van der Waals surface area contributed by atoms with Crippen molar-refractivity contribution in [3.05, 3.63) is 47.7 Å². The smallest absolute Gasteiger partial charge is 0.142 e. The van der Waals surface area contributed by atoms with Crippen molar-refractivity contribution in [2.24, 2.45) is 0 Å². The molecule has 1 aromatic carbocycles. The summed E-state index contributed by atoms with van der Waals surface area (Å²) in [5.41, 5.74) is 5.14. The van der Waals surface area contributed by atoms with Gasteiger partial charge >= 0.3 is 0 Å². The zero-order valence-electron chi connectivity index (χ0n) is 13.0. The highest BCUT2D eigenvalue weighted by molar-refractivity contribution is 7.98. The highest BCUT2D eigenvalue weighted by atomic mass is 32.2. The molecule has 0 spiro atoms. The molecule has 0 aliphatic rings. The standard InChI is InChI=1S/C17H15FN4S/c1-9-6-12-7-11(4-5-22(12)21-9)14-13-8-19-20-16(13)10(2)15(18)17(14)23-3/h4-8H,1-3H3,(H,19,20). The van der Waals surface area contributed by atoms with Crippen LogP contribution in [0.3, 0.4) is 0 Å². The molecule has 0 bridgehead atoms. The van der Waals surface area contributed by atoms with E-state index in [-0.39, 0.29) is 5.82 Å². The number of nitrogens with zero attached hydrogens (tertiary/aromatic N) is 3. The lowest BCUT2D eigenvalue weighted by Gasteiger charge is -2.13. The minimum Gasteiger partial charge on any atom is -0.277 e. The Morgan fingerprint density at radius 3 is 2.87 bits per heavy atom. The van der Waals surface area contributed by atoms with E-state index < -0.39 is 0 Å². The van der Waals surface area contributed by atoms with Crippen LogP contribution in [-0.4, -0.2) is 26.1 Å². The summed E-state index contributed by atoms with van der Waals surface area (Å²) in [6.07, 6.45) is 5.57. The fourth-order valence-electron chi connectivity index (χ4n) is 3.03. The molecule has 0 radical (unpaired) electrons. The number of pyridine rings is 1. The van der Waals surface area contributed by atoms with Crippen molar-refractivity contribution in [3.8, 4) is 11.1 Å². The van der Waals surface area contributed by atoms with Crippen LogP contribution in [0, 0.1) is 19.7 Å². The Morgan fingerprint density at radius 1 is 1.26 bits per heavy atom. The van der Waals surface area contributed by atoms with Crippen LogP contribution >= 0.6 is 11.8 Å². The van der Waals surface area contributed by atoms with Crippen LogP contribution in [0.15, 0.2) is 35.5 Å². The molecule has 4 nitrogen and oxygen atoms in total. The predicted molar refractivity (Wildman–Crippen MR) is 91.5 cm³/mol. The quantitative estimate of drug-likeness (QED) is 0.557. The van der Waals surface area contributed by atoms with Crippen molar-refractivity contribution in [2.75, 3.05) is 6.26 Å². The van der Waals surface area contributed by atoms with Crippen molar-refractivity contribution in [2.45, 2.75) is 18.7 Å². The van der Waals surface area contributed by atoms with E-state index in [2.05, 4.69) is 15.3 Å². The Kier molecular flexibility index (Phi) is 3.16. The maximum absolute atomic E-state index is 14.8. The highest BCUT2D eigenvalue weighted by Crippen LogP contribution is 2.40. The van der Waals surface area contributed by atoms with E-state index in [0.717, 1.165) is 33.2 Å². The molecule has 23 heavy (non-hydrogen) atoms. The number of aromatic amines is 1. The molecule has 1 N–H and O–H groups in total. The Labute approximate surface area is 136 Å². The van der Waals surface area contributed by atoms with E-state index in [1.165, 1.54) is 11.8 Å². The van der Waals surface area contributed by atoms with Crippen molar-refractivity contribution >= 4 is 28.2 Å². The van der Waals surface area contributed by atoms with Gasteiger partial charge in [0.05, 0.1) is 27.8 Å². The summed E-state index contributed by atoms with van der Waals surface area (Å²) in [5.74, 6) is -0.186. The summed E-state index contributed by atoms with van der Waals surface area (Å²) in [7, 11) is 0. The summed E-state index contributed by atoms with van der Waals surface area (Å²) < 4.78 is 16.6. The summed E-state index contributed by atoms with van der Waals surface area (Å²) in [4.78, 5) is 0.650. The minimum atomic E-state index is -0.186. The summed E-state index contributed by atoms with van der Waals surface area (Å²) in [6.45, 7) is 3.74. The number of aromatic nitrogens is 4. The number of rotatable bonds is 2. The van der Waals surface area contributed by atoms with Gasteiger partial charge in [0.15, 0.2) is 0 Å². The van der Waals surface area contributed by atoms with Crippen LogP contribution in [0.2, 0.25) is 0 Å². The third-order valence-corrected chi connectivity index (χ3v) is 4.91. The number of benzene rings is 1. The van der Waals surface area contributed by atoms with Gasteiger partial charge < -0.3 is 0 Å². The lowest BCUT2D eigenvalue weighted by atomic mass is 9.99. The topological polar surface area (TPSA) is 46.0 Å². The second kappa shape index (κ2) is 5.09. The summed E-state index contributed by atoms with van der Waals surface area (Å²) in [6, 6.07) is 6.02. The first-order valence-electron chi connectivity index (χ1n) is 7.25. The van der Waals surface area contributed by atoms with Gasteiger partial charge in [0.25, 0.3) is 0 Å². The zero-order valence-corrected chi connectivity index (χ0v) is 13.8. The first kappa shape index (κ1) is 14.3. The van der Waals surface area contributed by atoms with Crippen molar-refractivity contribution in [3.63, 3.8) is 0 Å². The van der Waals surface area contributed by atoms with Crippen molar-refractivity contribution in [1.82, 2.24) is 19.8 Å². The van der Waals surface area contributed by atoms with E-state index in [9.17, 15) is 4.39 Å². The Hall–Kier alpha value is -2.34. The molecule has 4 rings (SSSR count). The molecule has 0 saturated heterocycles. The number of thioether (sulfide) groups is 1. The van der Waals surface area contributed by atoms with Crippen LogP contribution in [0.25, 0.3) is 27.5 Å². The molecule has 0 fully saturated rings. The second-order valence-corrected chi connectivity index (χ2v) is 6.39. The molecule has 0 saturated carbocycles. The van der Waals surface area contributed by atoms with Gasteiger partial charge in [-0.25, -0.2) is 8.91 Å². The molecular weight excluding hydrogens is 311 g/mol. The van der Waals surface area contributed by atoms with E-state index in [4.69, 9.17) is 0 Å². The fraction of sp³-hybridized carbons (Fsp3) is 0.176. The molecule has 0 amide bonds. The monoisotopic (exact) mass is 326 g/mol. The molecule has 3 aromatic heterocycles. The fourth-order valence-corrected chi connectivity index (χ4v) is 3.79. The van der Waals surface area contributed by atoms with Crippen LogP contribution in [-0.2, 0) is 0 Å². The van der Waals surface area contributed by atoms with Gasteiger partial charge in [0.2, 0.25) is 0 Å². The average Bonchev–Trinajstić information content (AvgIpc) is 3.15. The molecule has 6 heteroatoms. The molecule has 3 heterocycles. The van der Waals surface area contributed by atoms with Crippen molar-refractivity contribution in [1.29, 1.82) is 0 Å². The van der Waals surface area contributed by atoms with E-state index >= 15 is 0 Å². The molecule has 116 valence electrons. The summed E-state index contributed by atoms with van der Waals surface area (Å²) >= 11 is 1.42. The van der Waals surface area contributed by atoms with Gasteiger partial charge in [-0.3, -0.25) is 5.10 Å². The van der Waals surface area contributed by atoms with Gasteiger partial charge in [0, 0.05) is 22.7 Å². The zero-order chi connectivity index (χ0) is 16.1. The second-order valence-electron chi connectivity index (χ2n) is 5.58. The number of hydrogen-bond acceptors (Lipinski definition) is 3. The van der Waals surface area contributed by atoms with Crippen LogP contribution < -0.4 is 0 Å². The van der Waals surface area contributed by atoms with E-state index in [0.29, 0.717) is 10.5 Å². The third-order valence-electron chi connectivity index (χ3n) is 4.12. The van der Waals surface area contributed by atoms with Crippen LogP contribution in [0.1, 0.15) is 11.3 Å². The third kappa shape index (κ3) is 2.05. The number of hydrogen-bond donors (Lipinski definition) is 1. The molecule has 4 aromatic rings. The first-order valence-corrected chi connectivity index (χ1v) is 8.48. The number of halogens is 1. The maximum Gasteiger partial charge on any atom is 0.142 e. The maximum atomic E-state index is 14.8. The van der Waals surface area contributed by atoms with Gasteiger partial charge in [-0.05, 0) is 43.9 Å². The normalized spacial score (nSPS) is 11.7. The lowest BCUT2D eigenvalue weighted by Crippen LogP contribution is -1.95. The van der Waals surface area contributed by atoms with Crippen LogP contribution in [0.4, 0.5) is 4.39 Å². The van der Waals surface area contributed by atoms with E-state index in [1.807, 2.05) is 42.1 Å². The van der Waals surface area contributed by atoms with Gasteiger partial charge in [-0.1, -0.05) is 0 Å². The predicted octanol–water partition coefficient (Wildman–Crippen LogP) is 4.36. The first-order chi connectivity index (χ1) is 11.1. The molecular formula is C17H15FN4S. The van der Waals surface area contributed by atoms with Gasteiger partial charge in [0.1, 0.15) is 5.82 Å². The lowest BCUT2D eigenvalue weighted by molar-refractivity contribution is 0.596. The largest absolute Gasteiger partial charge is 0.277 e. The number of aryl methyl sites for hydroxylation is 2. The highest BCUT2D eigenvalue weighted by Gasteiger charge is 2.19. The minimum absolute atomic E-state index is 0.186. The molecule has 0 unspecified atom stereocenters. The Morgan fingerprint density at radius 2 is 2.09 bits per heavy atom. The van der Waals surface area contributed by atoms with E-state index in [1.54, 1.807) is 13.1 Å². The Bertz CT molecular complexity index is 1050. The van der Waals surface area contributed by atoms with Gasteiger partial charge in [-0.2, -0.15) is 10.2 Å². The average molecular weight is 326 g/mol.